The molecule has 7 heteroatoms. The molecule has 0 aromatic carbocycles. The number of hydrogen-bond acceptors (Lipinski definition) is 5. The molecule has 2 amide bonds. The Kier molecular flexibility index (Phi) is 5.30. The molecule has 2 aromatic heterocycles. The van der Waals surface area contributed by atoms with Gasteiger partial charge in [0.25, 0.3) is 5.91 Å². The highest BCUT2D eigenvalue weighted by Gasteiger charge is 2.32. The maximum Gasteiger partial charge on any atom is 0.254 e. The van der Waals surface area contributed by atoms with Gasteiger partial charge in [-0.1, -0.05) is 0 Å². The van der Waals surface area contributed by atoms with Gasteiger partial charge in [-0.15, -0.1) is 22.7 Å². The van der Waals surface area contributed by atoms with Gasteiger partial charge in [0, 0.05) is 47.8 Å². The van der Waals surface area contributed by atoms with E-state index < -0.39 is 0 Å². The number of hydrogen-bond donors (Lipinski definition) is 1. The molecule has 3 heterocycles. The predicted molar refractivity (Wildman–Crippen MR) is 96.4 cm³/mol. The summed E-state index contributed by atoms with van der Waals surface area (Å²) in [4.78, 5) is 31.8. The van der Waals surface area contributed by atoms with Gasteiger partial charge in [0.15, 0.2) is 0 Å². The number of aromatic nitrogens is 1. The fourth-order valence-corrected chi connectivity index (χ4v) is 4.65. The van der Waals surface area contributed by atoms with Crippen molar-refractivity contribution in [2.75, 3.05) is 13.1 Å². The van der Waals surface area contributed by atoms with E-state index in [4.69, 9.17) is 0 Å². The van der Waals surface area contributed by atoms with Crippen LogP contribution in [0, 0.1) is 12.8 Å². The van der Waals surface area contributed by atoms with Crippen LogP contribution in [-0.4, -0.2) is 34.8 Å². The molecule has 0 radical (unpaired) electrons. The molecule has 2 unspecified atom stereocenters. The van der Waals surface area contributed by atoms with E-state index in [0.717, 1.165) is 34.8 Å². The van der Waals surface area contributed by atoms with Crippen molar-refractivity contribution in [1.29, 1.82) is 0 Å². The van der Waals surface area contributed by atoms with Crippen LogP contribution in [0.5, 0.6) is 0 Å². The van der Waals surface area contributed by atoms with Crippen molar-refractivity contribution in [1.82, 2.24) is 15.2 Å². The first kappa shape index (κ1) is 17.1. The van der Waals surface area contributed by atoms with Crippen LogP contribution in [0.15, 0.2) is 23.0 Å². The lowest BCUT2D eigenvalue weighted by atomic mass is 9.90. The summed E-state index contributed by atoms with van der Waals surface area (Å²) in [5.74, 6) is 0.217. The Bertz CT molecular complexity index is 711. The highest BCUT2D eigenvalue weighted by atomic mass is 32.1. The van der Waals surface area contributed by atoms with E-state index in [2.05, 4.69) is 10.3 Å². The van der Waals surface area contributed by atoms with Crippen LogP contribution < -0.4 is 5.32 Å². The number of carbonyl (C=O) groups excluding carboxylic acids is 2. The van der Waals surface area contributed by atoms with Crippen molar-refractivity contribution < 1.29 is 9.59 Å². The molecule has 1 aliphatic rings. The van der Waals surface area contributed by atoms with Gasteiger partial charge in [-0.25, -0.2) is 4.98 Å². The molecular weight excluding hydrogens is 342 g/mol. The van der Waals surface area contributed by atoms with E-state index in [0.29, 0.717) is 6.54 Å². The van der Waals surface area contributed by atoms with Crippen LogP contribution >= 0.6 is 22.7 Å². The molecule has 2 aromatic rings. The summed E-state index contributed by atoms with van der Waals surface area (Å²) >= 11 is 3.15. The third-order valence-corrected chi connectivity index (χ3v) is 5.99. The number of nitrogens with one attached hydrogen (secondary N) is 1. The molecule has 0 aliphatic carbocycles. The maximum atomic E-state index is 12.7. The molecule has 128 valence electrons. The fourth-order valence-electron chi connectivity index (χ4n) is 3.19. The zero-order valence-electron chi connectivity index (χ0n) is 13.8. The Hall–Kier alpha value is -1.73. The number of carbonyl (C=O) groups is 2. The summed E-state index contributed by atoms with van der Waals surface area (Å²) in [5.41, 5.74) is 0.767. The minimum Gasteiger partial charge on any atom is -0.347 e. The van der Waals surface area contributed by atoms with Crippen LogP contribution in [0.25, 0.3) is 0 Å². The minimum absolute atomic E-state index is 0.0629. The average molecular weight is 364 g/mol. The maximum absolute atomic E-state index is 12.7. The molecule has 0 saturated carbocycles. The molecule has 5 nitrogen and oxygen atoms in total. The van der Waals surface area contributed by atoms with Crippen LogP contribution in [0.2, 0.25) is 0 Å². The summed E-state index contributed by atoms with van der Waals surface area (Å²) in [6.07, 6.45) is 3.69. The molecule has 24 heavy (non-hydrogen) atoms. The average Bonchev–Trinajstić information content (AvgIpc) is 3.23. The topological polar surface area (TPSA) is 62.3 Å². The largest absolute Gasteiger partial charge is 0.347 e. The van der Waals surface area contributed by atoms with E-state index in [-0.39, 0.29) is 23.8 Å². The molecule has 1 N–H and O–H groups in total. The van der Waals surface area contributed by atoms with Gasteiger partial charge in [-0.2, -0.15) is 0 Å². The van der Waals surface area contributed by atoms with Crippen LogP contribution in [0.3, 0.4) is 0 Å². The number of thiazole rings is 1. The van der Waals surface area contributed by atoms with E-state index in [1.54, 1.807) is 28.9 Å². The Morgan fingerprint density at radius 2 is 2.25 bits per heavy atom. The minimum atomic E-state index is -0.123. The molecule has 3 rings (SSSR count). The first-order valence-corrected chi connectivity index (χ1v) is 9.81. The van der Waals surface area contributed by atoms with Gasteiger partial charge in [0.05, 0.1) is 11.6 Å². The third kappa shape index (κ3) is 3.84. The van der Waals surface area contributed by atoms with Crippen molar-refractivity contribution in [2.45, 2.75) is 32.7 Å². The second kappa shape index (κ2) is 7.44. The molecule has 1 saturated heterocycles. The second-order valence-corrected chi connectivity index (χ2v) is 8.19. The Morgan fingerprint density at radius 3 is 2.88 bits per heavy atom. The Labute approximate surface area is 149 Å². The lowest BCUT2D eigenvalue weighted by Crippen LogP contribution is -2.44. The number of likely N-dealkylation sites (tertiary alicyclic amines) is 1. The first-order valence-electron chi connectivity index (χ1n) is 8.05. The number of rotatable bonds is 4. The van der Waals surface area contributed by atoms with E-state index in [1.807, 2.05) is 28.7 Å². The first-order chi connectivity index (χ1) is 11.5. The van der Waals surface area contributed by atoms with Crippen molar-refractivity contribution >= 4 is 34.5 Å². The van der Waals surface area contributed by atoms with Crippen molar-refractivity contribution in [3.8, 4) is 0 Å². The summed E-state index contributed by atoms with van der Waals surface area (Å²) in [6.45, 7) is 4.96. The van der Waals surface area contributed by atoms with E-state index in [1.165, 1.54) is 6.92 Å². The molecule has 2 atom stereocenters. The van der Waals surface area contributed by atoms with E-state index >= 15 is 0 Å². The summed E-state index contributed by atoms with van der Waals surface area (Å²) in [6, 6.07) is 1.82. The molecule has 1 fully saturated rings. The lowest BCUT2D eigenvalue weighted by molar-refractivity contribution is -0.120. The molecule has 1 aliphatic heterocycles. The number of piperidine rings is 1. The quantitative estimate of drug-likeness (QED) is 0.907. The van der Waals surface area contributed by atoms with Crippen molar-refractivity contribution in [3.63, 3.8) is 0 Å². The smallest absolute Gasteiger partial charge is 0.254 e. The van der Waals surface area contributed by atoms with Gasteiger partial charge >= 0.3 is 0 Å². The highest BCUT2D eigenvalue weighted by molar-refractivity contribution is 7.10. The molecular formula is C17H21N3O2S2. The van der Waals surface area contributed by atoms with Crippen molar-refractivity contribution in [2.24, 2.45) is 5.92 Å². The SMILES string of the molecule is CC(=O)NC(c1nccs1)C1CCCN(C(=O)c2csc(C)c2)C1. The lowest BCUT2D eigenvalue weighted by Gasteiger charge is -2.36. The number of amides is 2. The number of thiophene rings is 1. The van der Waals surface area contributed by atoms with Gasteiger partial charge in [0.2, 0.25) is 5.91 Å². The van der Waals surface area contributed by atoms with Gasteiger partial charge in [-0.3, -0.25) is 9.59 Å². The van der Waals surface area contributed by atoms with E-state index in [9.17, 15) is 9.59 Å². The highest BCUT2D eigenvalue weighted by Crippen LogP contribution is 2.31. The zero-order chi connectivity index (χ0) is 17.1. The molecule has 0 spiro atoms. The van der Waals surface area contributed by atoms with Gasteiger partial charge in [-0.05, 0) is 25.8 Å². The number of nitrogens with zero attached hydrogens (tertiary/aromatic N) is 2. The summed E-state index contributed by atoms with van der Waals surface area (Å²) in [5, 5.41) is 7.79. The molecule has 0 bridgehead atoms. The number of aryl methyl sites for hydroxylation is 1. The Morgan fingerprint density at radius 1 is 1.42 bits per heavy atom. The van der Waals surface area contributed by atoms with Gasteiger partial charge in [0.1, 0.15) is 5.01 Å². The summed E-state index contributed by atoms with van der Waals surface area (Å²) in [7, 11) is 0. The zero-order valence-corrected chi connectivity index (χ0v) is 15.5. The fraction of sp³-hybridized carbons (Fsp3) is 0.471. The summed E-state index contributed by atoms with van der Waals surface area (Å²) < 4.78 is 0. The second-order valence-electron chi connectivity index (χ2n) is 6.15. The normalized spacial score (nSPS) is 19.1. The Balaban J connectivity index is 1.75. The van der Waals surface area contributed by atoms with Gasteiger partial charge < -0.3 is 10.2 Å². The predicted octanol–water partition coefficient (Wildman–Crippen LogP) is 3.24. The van der Waals surface area contributed by atoms with Crippen LogP contribution in [0.1, 0.15) is 46.0 Å². The standard InChI is InChI=1S/C17H21N3O2S2/c1-11-8-14(10-24-11)17(22)20-6-3-4-13(9-20)15(19-12(2)21)16-18-5-7-23-16/h5,7-8,10,13,15H,3-4,6,9H2,1-2H3,(H,19,21). The third-order valence-electron chi connectivity index (χ3n) is 4.27. The van der Waals surface area contributed by atoms with Crippen molar-refractivity contribution in [3.05, 3.63) is 38.5 Å². The van der Waals surface area contributed by atoms with Crippen LogP contribution in [0.4, 0.5) is 0 Å². The van der Waals surface area contributed by atoms with Crippen LogP contribution in [-0.2, 0) is 4.79 Å². The monoisotopic (exact) mass is 363 g/mol.